The lowest BCUT2D eigenvalue weighted by atomic mass is 10.1. The molecule has 0 saturated heterocycles. The maximum Gasteiger partial charge on any atom is 0.234 e. The molecule has 5 nitrogen and oxygen atoms in total. The average Bonchev–Trinajstić information content (AvgIpc) is 2.77. The summed E-state index contributed by atoms with van der Waals surface area (Å²) in [6.07, 6.45) is 3.97. The first-order valence-corrected chi connectivity index (χ1v) is 7.29. The molecule has 1 aliphatic carbocycles. The Kier molecular flexibility index (Phi) is 3.42. The summed E-state index contributed by atoms with van der Waals surface area (Å²) < 4.78 is 0.732. The van der Waals surface area contributed by atoms with Crippen molar-refractivity contribution in [2.45, 2.75) is 24.2 Å². The van der Waals surface area contributed by atoms with E-state index in [1.165, 1.54) is 0 Å². The molecule has 7 heteroatoms. The van der Waals surface area contributed by atoms with Gasteiger partial charge in [-0.3, -0.25) is 14.5 Å². The van der Waals surface area contributed by atoms with Crippen molar-refractivity contribution in [3.05, 3.63) is 42.4 Å². The summed E-state index contributed by atoms with van der Waals surface area (Å²) in [6.45, 7) is 2.29. The monoisotopic (exact) mass is 324 g/mol. The maximum absolute atomic E-state index is 12.1. The molecule has 1 fully saturated rings. The van der Waals surface area contributed by atoms with Gasteiger partial charge in [-0.25, -0.2) is 0 Å². The molecule has 2 aromatic heterocycles. The summed E-state index contributed by atoms with van der Waals surface area (Å²) in [6, 6.07) is 7.43. The number of aromatic nitrogens is 3. The smallest absolute Gasteiger partial charge is 0.234 e. The van der Waals surface area contributed by atoms with E-state index in [1.54, 1.807) is 30.1 Å². The average molecular weight is 325 g/mol. The minimum absolute atomic E-state index is 0.212. The van der Waals surface area contributed by atoms with Crippen molar-refractivity contribution in [3.8, 4) is 0 Å². The van der Waals surface area contributed by atoms with Crippen LogP contribution in [0, 0.1) is 5.41 Å². The zero-order chi connectivity index (χ0) is 15.1. The van der Waals surface area contributed by atoms with Crippen LogP contribution in [0.1, 0.15) is 19.0 Å². The number of alkyl halides is 2. The molecule has 0 spiro atoms. The van der Waals surface area contributed by atoms with Gasteiger partial charge in [-0.1, -0.05) is 6.07 Å². The molecule has 0 aliphatic heterocycles. The molecule has 1 amide bonds. The number of amides is 1. The number of halogens is 2. The number of rotatable bonds is 4. The third-order valence-electron chi connectivity index (χ3n) is 3.69. The van der Waals surface area contributed by atoms with Crippen molar-refractivity contribution in [2.75, 3.05) is 5.32 Å². The Hall–Kier alpha value is -1.59. The van der Waals surface area contributed by atoms with Gasteiger partial charge < -0.3 is 5.32 Å². The van der Waals surface area contributed by atoms with Crippen molar-refractivity contribution in [1.82, 2.24) is 14.8 Å². The highest BCUT2D eigenvalue weighted by atomic mass is 35.5. The first-order chi connectivity index (χ1) is 9.91. The number of carbonyl (C=O) groups excluding carboxylic acids is 1. The van der Waals surface area contributed by atoms with Crippen LogP contribution in [-0.4, -0.2) is 25.0 Å². The largest absolute Gasteiger partial charge is 0.309 e. The zero-order valence-electron chi connectivity index (χ0n) is 11.4. The van der Waals surface area contributed by atoms with Crippen LogP contribution in [0.4, 0.5) is 5.82 Å². The summed E-state index contributed by atoms with van der Waals surface area (Å²) in [5.41, 5.74) is 0.147. The van der Waals surface area contributed by atoms with Crippen LogP contribution in [0.25, 0.3) is 0 Å². The van der Waals surface area contributed by atoms with E-state index in [0.717, 1.165) is 5.69 Å². The molecule has 0 radical (unpaired) electrons. The highest BCUT2D eigenvalue weighted by Crippen LogP contribution is 2.64. The molecule has 0 unspecified atom stereocenters. The van der Waals surface area contributed by atoms with Gasteiger partial charge in [0.25, 0.3) is 0 Å². The SMILES string of the molecule is C[C@@]1(C(=O)Nc2ccn(Cc3ccccn3)n2)CC1(Cl)Cl. The second-order valence-corrected chi connectivity index (χ2v) is 6.87. The normalized spacial score (nSPS) is 22.8. The Morgan fingerprint density at radius 1 is 1.43 bits per heavy atom. The van der Waals surface area contributed by atoms with Crippen molar-refractivity contribution < 1.29 is 4.79 Å². The van der Waals surface area contributed by atoms with Gasteiger partial charge in [0.05, 0.1) is 17.7 Å². The number of nitrogens with zero attached hydrogens (tertiary/aromatic N) is 3. The van der Waals surface area contributed by atoms with Gasteiger partial charge in [-0.05, 0) is 25.5 Å². The molecule has 1 aliphatic rings. The Morgan fingerprint density at radius 2 is 2.19 bits per heavy atom. The molecule has 1 N–H and O–H groups in total. The number of nitrogens with one attached hydrogen (secondary N) is 1. The quantitative estimate of drug-likeness (QED) is 0.880. The van der Waals surface area contributed by atoms with Gasteiger partial charge in [0.15, 0.2) is 5.82 Å². The topological polar surface area (TPSA) is 59.8 Å². The van der Waals surface area contributed by atoms with Gasteiger partial charge in [-0.15, -0.1) is 23.2 Å². The molecule has 1 saturated carbocycles. The number of anilines is 1. The molecule has 0 bridgehead atoms. The Balaban J connectivity index is 1.65. The zero-order valence-corrected chi connectivity index (χ0v) is 12.9. The molecule has 2 aromatic rings. The van der Waals surface area contributed by atoms with Crippen molar-refractivity contribution in [3.63, 3.8) is 0 Å². The van der Waals surface area contributed by atoms with Crippen molar-refractivity contribution in [2.24, 2.45) is 5.41 Å². The third kappa shape index (κ3) is 2.76. The van der Waals surface area contributed by atoms with Crippen molar-refractivity contribution >= 4 is 34.9 Å². The van der Waals surface area contributed by atoms with Crippen LogP contribution in [-0.2, 0) is 11.3 Å². The first-order valence-electron chi connectivity index (χ1n) is 6.53. The van der Waals surface area contributed by atoms with E-state index in [1.807, 2.05) is 18.2 Å². The first kappa shape index (κ1) is 14.4. The second kappa shape index (κ2) is 5.00. The minimum atomic E-state index is -0.979. The summed E-state index contributed by atoms with van der Waals surface area (Å²) in [5.74, 6) is 0.267. The van der Waals surface area contributed by atoms with Crippen LogP contribution >= 0.6 is 23.2 Å². The van der Waals surface area contributed by atoms with E-state index >= 15 is 0 Å². The molecule has 110 valence electrons. The standard InChI is InChI=1S/C14H14Cl2N4O/c1-13(9-14(13,15)16)12(21)18-11-5-7-20(19-11)8-10-4-2-3-6-17-10/h2-7H,8-9H2,1H3,(H,18,19,21)/t13-/m0/s1. The molecule has 3 rings (SSSR count). The lowest BCUT2D eigenvalue weighted by Crippen LogP contribution is -2.26. The molecular formula is C14H14Cl2N4O. The molecule has 0 aromatic carbocycles. The predicted molar refractivity (Wildman–Crippen MR) is 81.4 cm³/mol. The van der Waals surface area contributed by atoms with E-state index in [2.05, 4.69) is 15.4 Å². The molecule has 21 heavy (non-hydrogen) atoms. The van der Waals surface area contributed by atoms with Crippen LogP contribution in [0.5, 0.6) is 0 Å². The minimum Gasteiger partial charge on any atom is -0.309 e. The molecular weight excluding hydrogens is 311 g/mol. The lowest BCUT2D eigenvalue weighted by molar-refractivity contribution is -0.120. The fraction of sp³-hybridized carbons (Fsp3) is 0.357. The number of hydrogen-bond acceptors (Lipinski definition) is 3. The van der Waals surface area contributed by atoms with Gasteiger partial charge >= 0.3 is 0 Å². The van der Waals surface area contributed by atoms with Gasteiger partial charge in [0.2, 0.25) is 5.91 Å². The summed E-state index contributed by atoms with van der Waals surface area (Å²) in [7, 11) is 0. The van der Waals surface area contributed by atoms with E-state index in [-0.39, 0.29) is 5.91 Å². The van der Waals surface area contributed by atoms with Crippen LogP contribution in [0.3, 0.4) is 0 Å². The predicted octanol–water partition coefficient (Wildman–Crippen LogP) is 2.85. The molecule has 1 atom stereocenters. The van der Waals surface area contributed by atoms with Gasteiger partial charge in [0, 0.05) is 18.5 Å². The second-order valence-electron chi connectivity index (χ2n) is 5.39. The summed E-state index contributed by atoms with van der Waals surface area (Å²) >= 11 is 12.0. The highest BCUT2D eigenvalue weighted by Gasteiger charge is 2.67. The summed E-state index contributed by atoms with van der Waals surface area (Å²) in [4.78, 5) is 16.4. The highest BCUT2D eigenvalue weighted by molar-refractivity contribution is 6.53. The van der Waals surface area contributed by atoms with E-state index in [9.17, 15) is 4.79 Å². The van der Waals surface area contributed by atoms with Gasteiger partial charge in [0.1, 0.15) is 4.33 Å². The van der Waals surface area contributed by atoms with Crippen LogP contribution in [0.2, 0.25) is 0 Å². The fourth-order valence-corrected chi connectivity index (χ4v) is 2.78. The Morgan fingerprint density at radius 3 is 2.81 bits per heavy atom. The number of hydrogen-bond donors (Lipinski definition) is 1. The third-order valence-corrected chi connectivity index (χ3v) is 4.79. The van der Waals surface area contributed by atoms with E-state index in [0.29, 0.717) is 18.8 Å². The fourth-order valence-electron chi connectivity index (χ4n) is 2.07. The number of pyridine rings is 1. The summed E-state index contributed by atoms with van der Waals surface area (Å²) in [5, 5.41) is 7.04. The van der Waals surface area contributed by atoms with E-state index < -0.39 is 9.75 Å². The van der Waals surface area contributed by atoms with Gasteiger partial charge in [-0.2, -0.15) is 5.10 Å². The van der Waals surface area contributed by atoms with E-state index in [4.69, 9.17) is 23.2 Å². The molecule has 2 heterocycles. The Bertz CT molecular complexity index is 671. The number of carbonyl (C=O) groups is 1. The lowest BCUT2D eigenvalue weighted by Gasteiger charge is -2.10. The Labute approximate surface area is 132 Å². The maximum atomic E-state index is 12.1. The van der Waals surface area contributed by atoms with Crippen LogP contribution < -0.4 is 5.32 Å². The van der Waals surface area contributed by atoms with Crippen LogP contribution in [0.15, 0.2) is 36.7 Å². The van der Waals surface area contributed by atoms with Crippen molar-refractivity contribution in [1.29, 1.82) is 0 Å².